The fourth-order valence-electron chi connectivity index (χ4n) is 1.73. The van der Waals surface area contributed by atoms with E-state index in [9.17, 15) is 0 Å². The van der Waals surface area contributed by atoms with Crippen LogP contribution in [0, 0.1) is 5.92 Å². The van der Waals surface area contributed by atoms with E-state index in [1.165, 1.54) is 0 Å². The highest BCUT2D eigenvalue weighted by Crippen LogP contribution is 2.31. The highest BCUT2D eigenvalue weighted by Gasteiger charge is 2.29. The second-order valence-corrected chi connectivity index (χ2v) is 4.16. The fraction of sp³-hybridized carbons (Fsp3) is 0.583. The van der Waals surface area contributed by atoms with E-state index in [4.69, 9.17) is 10.5 Å². The van der Waals surface area contributed by atoms with Gasteiger partial charge >= 0.3 is 0 Å². The number of ether oxygens (including phenoxy) is 1. The molecule has 0 bridgehead atoms. The lowest BCUT2D eigenvalue weighted by atomic mass is 9.79. The Morgan fingerprint density at radius 1 is 1.47 bits per heavy atom. The van der Waals surface area contributed by atoms with Gasteiger partial charge in [-0.3, -0.25) is 4.98 Å². The summed E-state index contributed by atoms with van der Waals surface area (Å²) in [6.07, 6.45) is 4.41. The molecule has 0 aliphatic rings. The van der Waals surface area contributed by atoms with Crippen molar-refractivity contribution in [3.05, 3.63) is 24.0 Å². The van der Waals surface area contributed by atoms with Crippen LogP contribution in [0.3, 0.4) is 0 Å². The average Bonchev–Trinajstić information content (AvgIpc) is 2.27. The first-order valence-electron chi connectivity index (χ1n) is 5.33. The molecule has 15 heavy (non-hydrogen) atoms. The molecule has 84 valence electrons. The molecule has 0 fully saturated rings. The lowest BCUT2D eigenvalue weighted by Crippen LogP contribution is -2.41. The number of hydrogen-bond donors (Lipinski definition) is 1. The molecule has 2 N–H and O–H groups in total. The number of methoxy groups -OCH3 is 1. The normalized spacial score (nSPS) is 15.1. The van der Waals surface area contributed by atoms with Crippen molar-refractivity contribution < 1.29 is 4.74 Å². The van der Waals surface area contributed by atoms with Crippen LogP contribution < -0.4 is 10.5 Å². The summed E-state index contributed by atoms with van der Waals surface area (Å²) in [4.78, 5) is 4.15. The highest BCUT2D eigenvalue weighted by molar-refractivity contribution is 5.29. The lowest BCUT2D eigenvalue weighted by molar-refractivity contribution is 0.303. The molecule has 0 aromatic carbocycles. The van der Waals surface area contributed by atoms with E-state index in [0.717, 1.165) is 17.7 Å². The van der Waals surface area contributed by atoms with E-state index in [2.05, 4.69) is 25.8 Å². The highest BCUT2D eigenvalue weighted by atomic mass is 16.5. The molecule has 0 spiro atoms. The fourth-order valence-corrected chi connectivity index (χ4v) is 1.73. The topological polar surface area (TPSA) is 48.1 Å². The molecule has 0 saturated heterocycles. The second-order valence-electron chi connectivity index (χ2n) is 4.16. The van der Waals surface area contributed by atoms with Gasteiger partial charge in [0.25, 0.3) is 0 Å². The van der Waals surface area contributed by atoms with Crippen LogP contribution in [-0.2, 0) is 5.54 Å². The first-order valence-corrected chi connectivity index (χ1v) is 5.33. The molecule has 0 aliphatic carbocycles. The predicted molar refractivity (Wildman–Crippen MR) is 61.8 cm³/mol. The van der Waals surface area contributed by atoms with Crippen LogP contribution >= 0.6 is 0 Å². The zero-order chi connectivity index (χ0) is 11.5. The molecule has 1 aromatic heterocycles. The molecule has 1 rings (SSSR count). The largest absolute Gasteiger partial charge is 0.495 e. The van der Waals surface area contributed by atoms with E-state index < -0.39 is 0 Å². The number of rotatable bonds is 4. The summed E-state index contributed by atoms with van der Waals surface area (Å²) >= 11 is 0. The van der Waals surface area contributed by atoms with Gasteiger partial charge in [0.2, 0.25) is 0 Å². The molecule has 0 radical (unpaired) electrons. The smallest absolute Gasteiger partial charge is 0.137 e. The molecule has 0 amide bonds. The third kappa shape index (κ3) is 2.29. The number of aromatic nitrogens is 1. The maximum Gasteiger partial charge on any atom is 0.137 e. The Balaban J connectivity index is 3.12. The summed E-state index contributed by atoms with van der Waals surface area (Å²) in [7, 11) is 1.64. The summed E-state index contributed by atoms with van der Waals surface area (Å²) in [5, 5.41) is 0. The second kappa shape index (κ2) is 4.62. The Morgan fingerprint density at radius 3 is 2.60 bits per heavy atom. The van der Waals surface area contributed by atoms with Crippen molar-refractivity contribution in [2.45, 2.75) is 32.7 Å². The number of nitrogens with two attached hydrogens (primary N) is 1. The minimum Gasteiger partial charge on any atom is -0.495 e. The van der Waals surface area contributed by atoms with Crippen LogP contribution in [0.15, 0.2) is 18.5 Å². The van der Waals surface area contributed by atoms with Gasteiger partial charge in [-0.1, -0.05) is 20.8 Å². The molecular formula is C12H20N2O. The van der Waals surface area contributed by atoms with Gasteiger partial charge in [-0.25, -0.2) is 0 Å². The Labute approximate surface area is 91.7 Å². The Hall–Kier alpha value is -1.09. The van der Waals surface area contributed by atoms with Gasteiger partial charge in [-0.15, -0.1) is 0 Å². The van der Waals surface area contributed by atoms with Crippen molar-refractivity contribution in [2.75, 3.05) is 7.11 Å². The molecule has 3 nitrogen and oxygen atoms in total. The number of nitrogens with zero attached hydrogens (tertiary/aromatic N) is 1. The number of hydrogen-bond acceptors (Lipinski definition) is 3. The van der Waals surface area contributed by atoms with Crippen molar-refractivity contribution in [3.8, 4) is 5.75 Å². The maximum atomic E-state index is 6.39. The summed E-state index contributed by atoms with van der Waals surface area (Å²) in [5.74, 6) is 1.13. The molecule has 0 saturated carbocycles. The van der Waals surface area contributed by atoms with Crippen LogP contribution in [-0.4, -0.2) is 12.1 Å². The van der Waals surface area contributed by atoms with Crippen LogP contribution in [0.1, 0.15) is 32.8 Å². The van der Waals surface area contributed by atoms with E-state index >= 15 is 0 Å². The first-order chi connectivity index (χ1) is 7.04. The summed E-state index contributed by atoms with van der Waals surface area (Å²) in [5.41, 5.74) is 7.11. The molecule has 1 unspecified atom stereocenters. The first kappa shape index (κ1) is 12.0. The monoisotopic (exact) mass is 208 g/mol. The van der Waals surface area contributed by atoms with Gasteiger partial charge in [0, 0.05) is 11.7 Å². The standard InChI is InChI=1S/C12H20N2O/c1-5-12(13,9(2)3)10-6-11(15-4)8-14-7-10/h6-9H,5,13H2,1-4H3. The lowest BCUT2D eigenvalue weighted by Gasteiger charge is -2.32. The summed E-state index contributed by atoms with van der Waals surface area (Å²) in [6.45, 7) is 6.35. The van der Waals surface area contributed by atoms with Gasteiger partial charge in [-0.05, 0) is 24.0 Å². The summed E-state index contributed by atoms with van der Waals surface area (Å²) in [6, 6.07) is 1.97. The third-order valence-electron chi connectivity index (χ3n) is 3.10. The van der Waals surface area contributed by atoms with Crippen LogP contribution in [0.2, 0.25) is 0 Å². The zero-order valence-corrected chi connectivity index (χ0v) is 9.95. The van der Waals surface area contributed by atoms with E-state index in [-0.39, 0.29) is 5.54 Å². The minimum absolute atomic E-state index is 0.318. The number of pyridine rings is 1. The van der Waals surface area contributed by atoms with Gasteiger partial charge in [0.05, 0.1) is 13.3 Å². The quantitative estimate of drug-likeness (QED) is 0.826. The Bertz CT molecular complexity index is 325. The van der Waals surface area contributed by atoms with Crippen molar-refractivity contribution >= 4 is 0 Å². The molecule has 1 aromatic rings. The Kier molecular flexibility index (Phi) is 3.69. The van der Waals surface area contributed by atoms with Crippen molar-refractivity contribution in [1.29, 1.82) is 0 Å². The van der Waals surface area contributed by atoms with Crippen LogP contribution in [0.25, 0.3) is 0 Å². The van der Waals surface area contributed by atoms with Crippen molar-refractivity contribution in [3.63, 3.8) is 0 Å². The molecule has 1 heterocycles. The summed E-state index contributed by atoms with van der Waals surface area (Å²) < 4.78 is 5.16. The van der Waals surface area contributed by atoms with Crippen LogP contribution in [0.4, 0.5) is 0 Å². The van der Waals surface area contributed by atoms with Crippen molar-refractivity contribution in [2.24, 2.45) is 11.7 Å². The van der Waals surface area contributed by atoms with E-state index in [1.807, 2.05) is 12.3 Å². The predicted octanol–water partition coefficient (Wildman–Crippen LogP) is 2.31. The SMILES string of the molecule is CCC(N)(c1cncc(OC)c1)C(C)C. The Morgan fingerprint density at radius 2 is 2.13 bits per heavy atom. The van der Waals surface area contributed by atoms with Crippen LogP contribution in [0.5, 0.6) is 5.75 Å². The van der Waals surface area contributed by atoms with Gasteiger partial charge in [0.1, 0.15) is 5.75 Å². The molecule has 0 aliphatic heterocycles. The van der Waals surface area contributed by atoms with E-state index in [1.54, 1.807) is 13.3 Å². The maximum absolute atomic E-state index is 6.39. The van der Waals surface area contributed by atoms with E-state index in [0.29, 0.717) is 5.92 Å². The average molecular weight is 208 g/mol. The molecular weight excluding hydrogens is 188 g/mol. The van der Waals surface area contributed by atoms with Crippen molar-refractivity contribution in [1.82, 2.24) is 4.98 Å². The van der Waals surface area contributed by atoms with Gasteiger partial charge in [0.15, 0.2) is 0 Å². The van der Waals surface area contributed by atoms with Gasteiger partial charge < -0.3 is 10.5 Å². The van der Waals surface area contributed by atoms with Gasteiger partial charge in [-0.2, -0.15) is 0 Å². The third-order valence-corrected chi connectivity index (χ3v) is 3.10. The molecule has 3 heteroatoms. The molecule has 1 atom stereocenters. The minimum atomic E-state index is -0.318. The zero-order valence-electron chi connectivity index (χ0n) is 9.95.